The van der Waals surface area contributed by atoms with Crippen molar-refractivity contribution in [3.8, 4) is 5.75 Å². The van der Waals surface area contributed by atoms with E-state index in [2.05, 4.69) is 0 Å². The highest BCUT2D eigenvalue weighted by Gasteiger charge is 2.08. The molecule has 0 unspecified atom stereocenters. The maximum Gasteiger partial charge on any atom is 0.175 e. The van der Waals surface area contributed by atoms with Crippen LogP contribution in [0.1, 0.15) is 5.56 Å². The van der Waals surface area contributed by atoms with Crippen LogP contribution < -0.4 is 10.5 Å². The summed E-state index contributed by atoms with van der Waals surface area (Å²) in [5.41, 5.74) is 7.45. The van der Waals surface area contributed by atoms with Crippen LogP contribution in [0.15, 0.2) is 28.9 Å². The van der Waals surface area contributed by atoms with Crippen LogP contribution in [0.4, 0.5) is 0 Å². The van der Waals surface area contributed by atoms with Gasteiger partial charge in [0.15, 0.2) is 11.3 Å². The number of ether oxygens (including phenoxy) is 1. The Balaban J connectivity index is 2.57. The standard InChI is InChI=1S/C11H13NO2/c1-13-10-4-2-3-9-8(5-6-12)7-14-11(9)10/h2-4,7H,5-6,12H2,1H3. The summed E-state index contributed by atoms with van der Waals surface area (Å²) >= 11 is 0. The summed E-state index contributed by atoms with van der Waals surface area (Å²) in [4.78, 5) is 0. The summed E-state index contributed by atoms with van der Waals surface area (Å²) in [5.74, 6) is 0.769. The van der Waals surface area contributed by atoms with Crippen LogP contribution in [-0.2, 0) is 6.42 Å². The molecule has 0 spiro atoms. The number of benzene rings is 1. The van der Waals surface area contributed by atoms with E-state index in [1.54, 1.807) is 13.4 Å². The molecule has 2 aromatic rings. The van der Waals surface area contributed by atoms with Gasteiger partial charge in [0.25, 0.3) is 0 Å². The van der Waals surface area contributed by atoms with Crippen LogP contribution in [0, 0.1) is 0 Å². The largest absolute Gasteiger partial charge is 0.493 e. The van der Waals surface area contributed by atoms with Gasteiger partial charge in [-0.2, -0.15) is 0 Å². The van der Waals surface area contributed by atoms with Crippen molar-refractivity contribution >= 4 is 11.0 Å². The molecule has 0 saturated heterocycles. The third-order valence-electron chi connectivity index (χ3n) is 2.28. The summed E-state index contributed by atoms with van der Waals surface area (Å²) < 4.78 is 10.6. The zero-order valence-electron chi connectivity index (χ0n) is 8.12. The fraction of sp³-hybridized carbons (Fsp3) is 0.273. The minimum absolute atomic E-state index is 0.631. The predicted molar refractivity (Wildman–Crippen MR) is 55.5 cm³/mol. The fourth-order valence-electron chi connectivity index (χ4n) is 1.59. The Morgan fingerprint density at radius 1 is 1.43 bits per heavy atom. The van der Waals surface area contributed by atoms with Crippen molar-refractivity contribution in [2.24, 2.45) is 5.73 Å². The zero-order valence-corrected chi connectivity index (χ0v) is 8.12. The number of hydrogen-bond donors (Lipinski definition) is 1. The van der Waals surface area contributed by atoms with E-state index in [-0.39, 0.29) is 0 Å². The highest BCUT2D eigenvalue weighted by molar-refractivity contribution is 5.86. The highest BCUT2D eigenvalue weighted by Crippen LogP contribution is 2.29. The lowest BCUT2D eigenvalue weighted by atomic mass is 10.1. The third-order valence-corrected chi connectivity index (χ3v) is 2.28. The summed E-state index contributed by atoms with van der Waals surface area (Å²) in [6.45, 7) is 0.631. The first-order chi connectivity index (χ1) is 6.86. The van der Waals surface area contributed by atoms with Gasteiger partial charge in [0.2, 0.25) is 0 Å². The van der Waals surface area contributed by atoms with E-state index in [1.807, 2.05) is 18.2 Å². The lowest BCUT2D eigenvalue weighted by molar-refractivity contribution is 0.410. The molecule has 3 heteroatoms. The molecule has 14 heavy (non-hydrogen) atoms. The Kier molecular flexibility index (Phi) is 2.41. The van der Waals surface area contributed by atoms with Crippen molar-refractivity contribution in [1.29, 1.82) is 0 Å². The molecule has 0 atom stereocenters. The number of fused-ring (bicyclic) bond motifs is 1. The molecule has 0 aliphatic rings. The zero-order chi connectivity index (χ0) is 9.97. The van der Waals surface area contributed by atoms with Gasteiger partial charge in [0.05, 0.1) is 13.4 Å². The van der Waals surface area contributed by atoms with E-state index in [0.29, 0.717) is 6.54 Å². The van der Waals surface area contributed by atoms with Gasteiger partial charge in [-0.05, 0) is 24.6 Å². The van der Waals surface area contributed by atoms with Crippen molar-refractivity contribution < 1.29 is 9.15 Å². The molecule has 3 nitrogen and oxygen atoms in total. The van der Waals surface area contributed by atoms with Gasteiger partial charge in [-0.1, -0.05) is 12.1 Å². The first-order valence-electron chi connectivity index (χ1n) is 4.60. The normalized spacial score (nSPS) is 10.7. The molecule has 0 aliphatic carbocycles. The summed E-state index contributed by atoms with van der Waals surface area (Å²) in [6.07, 6.45) is 2.58. The molecule has 2 rings (SSSR count). The van der Waals surface area contributed by atoms with Crippen LogP contribution in [-0.4, -0.2) is 13.7 Å². The summed E-state index contributed by atoms with van der Waals surface area (Å²) in [7, 11) is 1.64. The average Bonchev–Trinajstić information content (AvgIpc) is 2.62. The molecular weight excluding hydrogens is 178 g/mol. The number of para-hydroxylation sites is 1. The molecule has 1 heterocycles. The molecule has 0 aliphatic heterocycles. The van der Waals surface area contributed by atoms with Gasteiger partial charge in [-0.15, -0.1) is 0 Å². The number of methoxy groups -OCH3 is 1. The van der Waals surface area contributed by atoms with E-state index in [9.17, 15) is 0 Å². The van der Waals surface area contributed by atoms with Crippen LogP contribution in [0.25, 0.3) is 11.0 Å². The predicted octanol–water partition coefficient (Wildman–Crippen LogP) is 1.94. The van der Waals surface area contributed by atoms with Crippen LogP contribution in [0.2, 0.25) is 0 Å². The maximum atomic E-state index is 5.51. The molecule has 0 saturated carbocycles. The number of rotatable bonds is 3. The minimum Gasteiger partial charge on any atom is -0.493 e. The van der Waals surface area contributed by atoms with E-state index < -0.39 is 0 Å². The quantitative estimate of drug-likeness (QED) is 0.806. The Bertz CT molecular complexity index is 434. The van der Waals surface area contributed by atoms with E-state index in [4.69, 9.17) is 14.9 Å². The first-order valence-corrected chi connectivity index (χ1v) is 4.60. The van der Waals surface area contributed by atoms with Gasteiger partial charge >= 0.3 is 0 Å². The molecular formula is C11H13NO2. The molecule has 2 N–H and O–H groups in total. The van der Waals surface area contributed by atoms with Gasteiger partial charge in [0, 0.05) is 5.39 Å². The number of hydrogen-bond acceptors (Lipinski definition) is 3. The molecule has 0 radical (unpaired) electrons. The molecule has 1 aromatic carbocycles. The maximum absolute atomic E-state index is 5.51. The second-order valence-corrected chi connectivity index (χ2v) is 3.14. The lowest BCUT2D eigenvalue weighted by Crippen LogP contribution is -2.01. The van der Waals surface area contributed by atoms with E-state index in [1.165, 1.54) is 0 Å². The molecule has 0 bridgehead atoms. The number of nitrogens with two attached hydrogens (primary N) is 1. The monoisotopic (exact) mass is 191 g/mol. The van der Waals surface area contributed by atoms with Crippen LogP contribution in [0.3, 0.4) is 0 Å². The molecule has 0 amide bonds. The van der Waals surface area contributed by atoms with Gasteiger partial charge in [-0.3, -0.25) is 0 Å². The topological polar surface area (TPSA) is 48.4 Å². The highest BCUT2D eigenvalue weighted by atomic mass is 16.5. The van der Waals surface area contributed by atoms with Crippen LogP contribution >= 0.6 is 0 Å². The Morgan fingerprint density at radius 2 is 2.29 bits per heavy atom. The first kappa shape index (κ1) is 9.09. The van der Waals surface area contributed by atoms with Gasteiger partial charge in [-0.25, -0.2) is 0 Å². The van der Waals surface area contributed by atoms with Gasteiger partial charge < -0.3 is 14.9 Å². The SMILES string of the molecule is COc1cccc2c(CCN)coc12. The van der Waals surface area contributed by atoms with E-state index >= 15 is 0 Å². The van der Waals surface area contributed by atoms with Crippen molar-refractivity contribution in [2.45, 2.75) is 6.42 Å². The molecule has 74 valence electrons. The fourth-order valence-corrected chi connectivity index (χ4v) is 1.59. The summed E-state index contributed by atoms with van der Waals surface area (Å²) in [5, 5.41) is 1.09. The Labute approximate surface area is 82.5 Å². The van der Waals surface area contributed by atoms with Crippen molar-refractivity contribution in [3.05, 3.63) is 30.0 Å². The molecule has 0 fully saturated rings. The van der Waals surface area contributed by atoms with Crippen molar-refractivity contribution in [3.63, 3.8) is 0 Å². The lowest BCUT2D eigenvalue weighted by Gasteiger charge is -1.99. The summed E-state index contributed by atoms with van der Waals surface area (Å²) in [6, 6.07) is 5.86. The van der Waals surface area contributed by atoms with Gasteiger partial charge in [0.1, 0.15) is 0 Å². The van der Waals surface area contributed by atoms with Crippen molar-refractivity contribution in [1.82, 2.24) is 0 Å². The van der Waals surface area contributed by atoms with Crippen molar-refractivity contribution in [2.75, 3.05) is 13.7 Å². The smallest absolute Gasteiger partial charge is 0.175 e. The molecule has 1 aromatic heterocycles. The number of furan rings is 1. The van der Waals surface area contributed by atoms with Crippen LogP contribution in [0.5, 0.6) is 5.75 Å². The minimum atomic E-state index is 0.631. The Hall–Kier alpha value is -1.48. The Morgan fingerprint density at radius 3 is 3.00 bits per heavy atom. The van der Waals surface area contributed by atoms with E-state index in [0.717, 1.165) is 28.7 Å². The second-order valence-electron chi connectivity index (χ2n) is 3.14. The second kappa shape index (κ2) is 3.72. The average molecular weight is 191 g/mol. The third kappa shape index (κ3) is 1.36.